The molecule has 0 aromatic carbocycles. The average molecular weight is 320 g/mol. The van der Waals surface area contributed by atoms with Crippen molar-refractivity contribution in [1.82, 2.24) is 0 Å². The Labute approximate surface area is 131 Å². The molecule has 0 aromatic rings. The summed E-state index contributed by atoms with van der Waals surface area (Å²) in [5.74, 6) is -5.02. The third-order valence-corrected chi connectivity index (χ3v) is 2.99. The Bertz CT molecular complexity index is 317. The normalized spacial score (nSPS) is 10.5. The van der Waals surface area contributed by atoms with Crippen LogP contribution in [0.25, 0.3) is 0 Å². The van der Waals surface area contributed by atoms with E-state index in [1.165, 1.54) is 44.9 Å². The summed E-state index contributed by atoms with van der Waals surface area (Å²) in [6.07, 6.45) is 7.68. The van der Waals surface area contributed by atoms with E-state index in [0.717, 1.165) is 0 Å². The average Bonchev–Trinajstić information content (AvgIpc) is 2.37. The van der Waals surface area contributed by atoms with Crippen molar-refractivity contribution >= 4 is 17.9 Å². The van der Waals surface area contributed by atoms with Gasteiger partial charge >= 0.3 is 17.9 Å². The van der Waals surface area contributed by atoms with E-state index >= 15 is 0 Å². The Balaban J connectivity index is 0. The molecule has 0 aliphatic carbocycles. The summed E-state index contributed by atoms with van der Waals surface area (Å²) in [5.41, 5.74) is -2.74. The van der Waals surface area contributed by atoms with Gasteiger partial charge in [0, 0.05) is 0 Å². The van der Waals surface area contributed by atoms with E-state index in [1.807, 2.05) is 0 Å². The molecule has 0 saturated carbocycles. The van der Waals surface area contributed by atoms with Gasteiger partial charge in [0.05, 0.1) is 12.8 Å². The molecule has 0 radical (unpaired) electrons. The van der Waals surface area contributed by atoms with Crippen LogP contribution < -0.4 is 0 Å². The van der Waals surface area contributed by atoms with Crippen LogP contribution in [0.1, 0.15) is 71.6 Å². The van der Waals surface area contributed by atoms with Crippen molar-refractivity contribution in [3.05, 3.63) is 0 Å². The predicted molar refractivity (Wildman–Crippen MR) is 80.8 cm³/mol. The molecule has 0 bridgehead atoms. The molecule has 0 unspecified atom stereocenters. The molecule has 7 heteroatoms. The second-order valence-electron chi connectivity index (χ2n) is 5.25. The Kier molecular flexibility index (Phi) is 13.4. The molecule has 0 rings (SSSR count). The maximum atomic E-state index is 10.3. The van der Waals surface area contributed by atoms with Crippen molar-refractivity contribution in [2.75, 3.05) is 0 Å². The first-order valence-electron chi connectivity index (χ1n) is 7.59. The van der Waals surface area contributed by atoms with Crippen LogP contribution in [0, 0.1) is 0 Å². The van der Waals surface area contributed by atoms with Gasteiger partial charge in [0.2, 0.25) is 0 Å². The highest BCUT2D eigenvalue weighted by atomic mass is 16.4. The molecule has 0 amide bonds. The Hall–Kier alpha value is -1.63. The molecule has 0 aliphatic heterocycles. The molecule has 0 aliphatic rings. The molecular formula is C15H28O7. The molecule has 0 aromatic heterocycles. The largest absolute Gasteiger partial charge is 0.481 e. The quantitative estimate of drug-likeness (QED) is 0.430. The minimum atomic E-state index is -2.74. The lowest BCUT2D eigenvalue weighted by Crippen LogP contribution is -2.42. The zero-order valence-corrected chi connectivity index (χ0v) is 13.4. The first kappa shape index (κ1) is 22.6. The fourth-order valence-electron chi connectivity index (χ4n) is 1.74. The van der Waals surface area contributed by atoms with E-state index in [4.69, 9.17) is 20.4 Å². The summed E-state index contributed by atoms with van der Waals surface area (Å²) in [6, 6.07) is 0. The van der Waals surface area contributed by atoms with Crippen LogP contribution in [0.4, 0.5) is 0 Å². The van der Waals surface area contributed by atoms with Crippen LogP contribution in [-0.4, -0.2) is 43.9 Å². The van der Waals surface area contributed by atoms with Gasteiger partial charge in [-0.3, -0.25) is 9.59 Å². The summed E-state index contributed by atoms with van der Waals surface area (Å²) in [7, 11) is 0. The van der Waals surface area contributed by atoms with Gasteiger partial charge in [-0.05, 0) is 0 Å². The Morgan fingerprint density at radius 3 is 1.27 bits per heavy atom. The molecule has 0 fully saturated rings. The number of aliphatic carboxylic acids is 3. The second-order valence-corrected chi connectivity index (χ2v) is 5.25. The second kappa shape index (κ2) is 13.1. The molecule has 0 atom stereocenters. The van der Waals surface area contributed by atoms with Crippen LogP contribution in [0.15, 0.2) is 0 Å². The highest BCUT2D eigenvalue weighted by Gasteiger charge is 2.40. The molecule has 0 spiro atoms. The zero-order chi connectivity index (χ0) is 17.6. The van der Waals surface area contributed by atoms with Gasteiger partial charge in [-0.2, -0.15) is 0 Å². The van der Waals surface area contributed by atoms with Crippen molar-refractivity contribution in [1.29, 1.82) is 0 Å². The molecule has 130 valence electrons. The van der Waals surface area contributed by atoms with Crippen LogP contribution in [0.5, 0.6) is 0 Å². The lowest BCUT2D eigenvalue weighted by Gasteiger charge is -2.18. The smallest absolute Gasteiger partial charge is 0.336 e. The van der Waals surface area contributed by atoms with Gasteiger partial charge in [0.15, 0.2) is 5.60 Å². The van der Waals surface area contributed by atoms with Crippen molar-refractivity contribution in [2.45, 2.75) is 77.2 Å². The van der Waals surface area contributed by atoms with Crippen LogP contribution in [0.3, 0.4) is 0 Å². The molecule has 7 nitrogen and oxygen atoms in total. The van der Waals surface area contributed by atoms with Gasteiger partial charge < -0.3 is 20.4 Å². The van der Waals surface area contributed by atoms with Crippen molar-refractivity contribution in [3.8, 4) is 0 Å². The lowest BCUT2D eigenvalue weighted by atomic mass is 9.96. The highest BCUT2D eigenvalue weighted by Crippen LogP contribution is 2.15. The summed E-state index contributed by atoms with van der Waals surface area (Å²) in [4.78, 5) is 30.5. The first-order chi connectivity index (χ1) is 10.2. The monoisotopic (exact) mass is 320 g/mol. The zero-order valence-electron chi connectivity index (χ0n) is 13.4. The first-order valence-corrected chi connectivity index (χ1v) is 7.59. The predicted octanol–water partition coefficient (Wildman–Crippen LogP) is 2.51. The number of aliphatic hydroxyl groups is 1. The Morgan fingerprint density at radius 1 is 0.727 bits per heavy atom. The summed E-state index contributed by atoms with van der Waals surface area (Å²) < 4.78 is 0. The molecule has 0 heterocycles. The number of rotatable bonds is 11. The van der Waals surface area contributed by atoms with Crippen molar-refractivity contribution < 1.29 is 34.8 Å². The minimum absolute atomic E-state index is 1.14. The number of hydrogen-bond donors (Lipinski definition) is 4. The third-order valence-electron chi connectivity index (χ3n) is 2.99. The maximum absolute atomic E-state index is 10.3. The van der Waals surface area contributed by atoms with E-state index in [1.54, 1.807) is 0 Å². The minimum Gasteiger partial charge on any atom is -0.481 e. The number of hydrogen-bond acceptors (Lipinski definition) is 4. The molecule has 0 saturated heterocycles. The van der Waals surface area contributed by atoms with Crippen molar-refractivity contribution in [2.24, 2.45) is 0 Å². The van der Waals surface area contributed by atoms with Gasteiger partial charge in [0.25, 0.3) is 0 Å². The number of carbonyl (C=O) groups is 3. The highest BCUT2D eigenvalue weighted by molar-refractivity contribution is 5.88. The number of carboxylic acid groups (broad SMARTS) is 3. The number of unbranched alkanes of at least 4 members (excludes halogenated alkanes) is 6. The fraction of sp³-hybridized carbons (Fsp3) is 0.800. The lowest BCUT2D eigenvalue weighted by molar-refractivity contribution is -0.170. The van der Waals surface area contributed by atoms with E-state index < -0.39 is 36.4 Å². The maximum Gasteiger partial charge on any atom is 0.336 e. The SMILES string of the molecule is CCCCCCCCC.O=C(O)CC(O)(CC(=O)O)C(=O)O. The van der Waals surface area contributed by atoms with E-state index in [9.17, 15) is 14.4 Å². The topological polar surface area (TPSA) is 132 Å². The molecular weight excluding hydrogens is 292 g/mol. The van der Waals surface area contributed by atoms with Gasteiger partial charge in [-0.15, -0.1) is 0 Å². The van der Waals surface area contributed by atoms with Gasteiger partial charge in [-0.25, -0.2) is 4.79 Å². The van der Waals surface area contributed by atoms with Crippen LogP contribution >= 0.6 is 0 Å². The summed E-state index contributed by atoms with van der Waals surface area (Å²) in [6.45, 7) is 4.53. The van der Waals surface area contributed by atoms with E-state index in [-0.39, 0.29) is 0 Å². The fourth-order valence-corrected chi connectivity index (χ4v) is 1.74. The van der Waals surface area contributed by atoms with Gasteiger partial charge in [0.1, 0.15) is 0 Å². The summed E-state index contributed by atoms with van der Waals surface area (Å²) in [5, 5.41) is 33.8. The number of carboxylic acids is 3. The summed E-state index contributed by atoms with van der Waals surface area (Å²) >= 11 is 0. The Morgan fingerprint density at radius 2 is 1.05 bits per heavy atom. The van der Waals surface area contributed by atoms with E-state index in [0.29, 0.717) is 0 Å². The molecule has 22 heavy (non-hydrogen) atoms. The van der Waals surface area contributed by atoms with E-state index in [2.05, 4.69) is 13.8 Å². The molecule has 4 N–H and O–H groups in total. The third kappa shape index (κ3) is 13.4. The van der Waals surface area contributed by atoms with Gasteiger partial charge in [-0.1, -0.05) is 58.8 Å². The van der Waals surface area contributed by atoms with Crippen molar-refractivity contribution in [3.63, 3.8) is 0 Å². The standard InChI is InChI=1S/C9H20.C6H8O7/c1-3-5-7-9-8-6-4-2;7-3(8)1-6(13,5(11)12)2-4(9)10/h3-9H2,1-2H3;13H,1-2H2,(H,7,8)(H,9,10)(H,11,12). The van der Waals surface area contributed by atoms with Crippen LogP contribution in [-0.2, 0) is 14.4 Å². The van der Waals surface area contributed by atoms with Crippen LogP contribution in [0.2, 0.25) is 0 Å².